The van der Waals surface area contributed by atoms with Crippen LogP contribution in [-0.2, 0) is 4.79 Å². The number of hydrogen-bond acceptors (Lipinski definition) is 4. The first kappa shape index (κ1) is 16.9. The minimum Gasteiger partial charge on any atom is -0.469 e. The van der Waals surface area contributed by atoms with Crippen LogP contribution in [0.5, 0.6) is 0 Å². The minimum atomic E-state index is 0.0747. The number of thioether (sulfide) groups is 1. The molecule has 0 aliphatic rings. The van der Waals surface area contributed by atoms with E-state index >= 15 is 0 Å². The van der Waals surface area contributed by atoms with Crippen LogP contribution >= 0.6 is 23.1 Å². The van der Waals surface area contributed by atoms with Crippen LogP contribution in [0, 0.1) is 0 Å². The highest BCUT2D eigenvalue weighted by Gasteiger charge is 2.18. The summed E-state index contributed by atoms with van der Waals surface area (Å²) >= 11 is 3.38. The lowest BCUT2D eigenvalue weighted by molar-refractivity contribution is -0.120. The van der Waals surface area contributed by atoms with E-state index in [9.17, 15) is 4.79 Å². The largest absolute Gasteiger partial charge is 0.469 e. The average molecular weight is 358 g/mol. The van der Waals surface area contributed by atoms with Crippen molar-refractivity contribution in [1.82, 2.24) is 5.32 Å². The molecular weight excluding hydrogens is 338 g/mol. The van der Waals surface area contributed by atoms with Gasteiger partial charge in [-0.3, -0.25) is 4.79 Å². The van der Waals surface area contributed by atoms with E-state index in [0.29, 0.717) is 13.0 Å². The topological polar surface area (TPSA) is 42.2 Å². The number of nitrogens with one attached hydrogen (secondary N) is 1. The fourth-order valence-electron chi connectivity index (χ4n) is 2.40. The standard InChI is InChI=1S/C19H19NO2S2/c21-19(10-13-23-15-6-2-1-3-7-15)20-14-16(17-8-4-11-22-17)18-9-5-12-24-18/h1-9,11-12,16H,10,13-14H2,(H,20,21)/t16-/m0/s1. The van der Waals surface area contributed by atoms with Crippen LogP contribution in [0.3, 0.4) is 0 Å². The molecule has 0 radical (unpaired) electrons. The number of amides is 1. The van der Waals surface area contributed by atoms with Gasteiger partial charge in [-0.15, -0.1) is 23.1 Å². The first-order valence-corrected chi connectivity index (χ1v) is 9.71. The van der Waals surface area contributed by atoms with Crippen molar-refractivity contribution >= 4 is 29.0 Å². The highest BCUT2D eigenvalue weighted by atomic mass is 32.2. The number of hydrogen-bond donors (Lipinski definition) is 1. The van der Waals surface area contributed by atoms with Gasteiger partial charge in [-0.1, -0.05) is 24.3 Å². The molecule has 2 heterocycles. The van der Waals surface area contributed by atoms with E-state index in [1.807, 2.05) is 41.8 Å². The van der Waals surface area contributed by atoms with Gasteiger partial charge < -0.3 is 9.73 Å². The number of benzene rings is 1. The second-order valence-electron chi connectivity index (χ2n) is 5.30. The van der Waals surface area contributed by atoms with Crippen molar-refractivity contribution in [2.24, 2.45) is 0 Å². The minimum absolute atomic E-state index is 0.0747. The van der Waals surface area contributed by atoms with Crippen LogP contribution < -0.4 is 5.32 Å². The van der Waals surface area contributed by atoms with E-state index in [2.05, 4.69) is 23.5 Å². The van der Waals surface area contributed by atoms with Gasteiger partial charge in [-0.2, -0.15) is 0 Å². The maximum Gasteiger partial charge on any atom is 0.220 e. The van der Waals surface area contributed by atoms with Crippen LogP contribution in [0.4, 0.5) is 0 Å². The molecule has 0 saturated carbocycles. The van der Waals surface area contributed by atoms with Gasteiger partial charge in [0.1, 0.15) is 5.76 Å². The van der Waals surface area contributed by atoms with Gasteiger partial charge in [0.25, 0.3) is 0 Å². The molecule has 24 heavy (non-hydrogen) atoms. The second kappa shape index (κ2) is 8.76. The summed E-state index contributed by atoms with van der Waals surface area (Å²) in [6.45, 7) is 0.558. The van der Waals surface area contributed by atoms with Crippen LogP contribution in [0.1, 0.15) is 23.0 Å². The molecule has 3 aromatic rings. The van der Waals surface area contributed by atoms with E-state index in [0.717, 1.165) is 11.5 Å². The Morgan fingerprint density at radius 1 is 1.12 bits per heavy atom. The predicted molar refractivity (Wildman–Crippen MR) is 99.7 cm³/mol. The number of rotatable bonds is 8. The Labute approximate surface area is 150 Å². The monoisotopic (exact) mass is 357 g/mol. The van der Waals surface area contributed by atoms with Gasteiger partial charge in [-0.05, 0) is 35.7 Å². The van der Waals surface area contributed by atoms with Crippen LogP contribution in [0.2, 0.25) is 0 Å². The molecule has 0 aliphatic heterocycles. The normalized spacial score (nSPS) is 12.0. The summed E-state index contributed by atoms with van der Waals surface area (Å²) in [5.41, 5.74) is 0. The molecule has 0 aliphatic carbocycles. The fraction of sp³-hybridized carbons (Fsp3) is 0.211. The third-order valence-electron chi connectivity index (χ3n) is 3.62. The van der Waals surface area contributed by atoms with Gasteiger partial charge in [0.2, 0.25) is 5.91 Å². The third kappa shape index (κ3) is 4.76. The van der Waals surface area contributed by atoms with E-state index in [-0.39, 0.29) is 11.8 Å². The molecule has 1 N–H and O–H groups in total. The first-order valence-electron chi connectivity index (χ1n) is 7.84. The summed E-state index contributed by atoms with van der Waals surface area (Å²) in [7, 11) is 0. The van der Waals surface area contributed by atoms with Crippen LogP contribution in [-0.4, -0.2) is 18.2 Å². The molecule has 0 fully saturated rings. The van der Waals surface area contributed by atoms with Crippen molar-refractivity contribution in [3.63, 3.8) is 0 Å². The number of thiophene rings is 1. The Bertz CT molecular complexity index is 690. The summed E-state index contributed by atoms with van der Waals surface area (Å²) in [5.74, 6) is 1.81. The number of furan rings is 1. The zero-order valence-electron chi connectivity index (χ0n) is 13.2. The highest BCUT2D eigenvalue weighted by molar-refractivity contribution is 7.99. The fourth-order valence-corrected chi connectivity index (χ4v) is 4.11. The highest BCUT2D eigenvalue weighted by Crippen LogP contribution is 2.28. The van der Waals surface area contributed by atoms with E-state index in [1.54, 1.807) is 29.4 Å². The van der Waals surface area contributed by atoms with E-state index < -0.39 is 0 Å². The molecule has 1 amide bonds. The van der Waals surface area contributed by atoms with Gasteiger partial charge in [0, 0.05) is 28.5 Å². The lowest BCUT2D eigenvalue weighted by Crippen LogP contribution is -2.28. The van der Waals surface area contributed by atoms with Crippen LogP contribution in [0.15, 0.2) is 75.6 Å². The Morgan fingerprint density at radius 3 is 2.71 bits per heavy atom. The van der Waals surface area contributed by atoms with Gasteiger partial charge >= 0.3 is 0 Å². The SMILES string of the molecule is O=C(CCSc1ccccc1)NC[C@@H](c1ccco1)c1cccs1. The van der Waals surface area contributed by atoms with E-state index in [1.165, 1.54) is 9.77 Å². The first-order chi connectivity index (χ1) is 11.8. The predicted octanol–water partition coefficient (Wildman–Crippen LogP) is 4.77. The average Bonchev–Trinajstić information content (AvgIpc) is 3.30. The van der Waals surface area contributed by atoms with Gasteiger partial charge in [0.05, 0.1) is 12.2 Å². The van der Waals surface area contributed by atoms with Crippen molar-refractivity contribution in [3.05, 3.63) is 76.9 Å². The smallest absolute Gasteiger partial charge is 0.220 e. The van der Waals surface area contributed by atoms with Crippen molar-refractivity contribution in [2.45, 2.75) is 17.2 Å². The Hall–Kier alpha value is -1.98. The molecule has 0 saturated heterocycles. The van der Waals surface area contributed by atoms with Crippen molar-refractivity contribution in [1.29, 1.82) is 0 Å². The molecule has 3 nitrogen and oxygen atoms in total. The molecule has 1 aromatic carbocycles. The molecule has 124 valence electrons. The Balaban J connectivity index is 1.49. The quantitative estimate of drug-likeness (QED) is 0.590. The third-order valence-corrected chi connectivity index (χ3v) is 5.62. The zero-order chi connectivity index (χ0) is 16.6. The van der Waals surface area contributed by atoms with Gasteiger partial charge in [0.15, 0.2) is 0 Å². The molecule has 5 heteroatoms. The van der Waals surface area contributed by atoms with E-state index in [4.69, 9.17) is 4.42 Å². The maximum absolute atomic E-state index is 12.1. The number of carbonyl (C=O) groups is 1. The molecule has 1 atom stereocenters. The summed E-state index contributed by atoms with van der Waals surface area (Å²) in [5, 5.41) is 5.09. The summed E-state index contributed by atoms with van der Waals surface area (Å²) in [6, 6.07) is 18.1. The molecule has 2 aromatic heterocycles. The summed E-state index contributed by atoms with van der Waals surface area (Å²) in [6.07, 6.45) is 2.18. The van der Waals surface area contributed by atoms with Gasteiger partial charge in [-0.25, -0.2) is 0 Å². The van der Waals surface area contributed by atoms with Crippen LogP contribution in [0.25, 0.3) is 0 Å². The molecule has 0 bridgehead atoms. The second-order valence-corrected chi connectivity index (χ2v) is 7.45. The molecule has 0 spiro atoms. The molecular formula is C19H19NO2S2. The Kier molecular flexibility index (Phi) is 6.15. The molecule has 3 rings (SSSR count). The van der Waals surface area contributed by atoms with Crippen molar-refractivity contribution in [2.75, 3.05) is 12.3 Å². The lowest BCUT2D eigenvalue weighted by atomic mass is 10.0. The summed E-state index contributed by atoms with van der Waals surface area (Å²) in [4.78, 5) is 14.5. The molecule has 0 unspecified atom stereocenters. The lowest BCUT2D eigenvalue weighted by Gasteiger charge is -2.14. The Morgan fingerprint density at radius 2 is 2.00 bits per heavy atom. The maximum atomic E-state index is 12.1. The summed E-state index contributed by atoms with van der Waals surface area (Å²) < 4.78 is 5.54. The van der Waals surface area contributed by atoms with Crippen molar-refractivity contribution in [3.8, 4) is 0 Å². The zero-order valence-corrected chi connectivity index (χ0v) is 14.8. The van der Waals surface area contributed by atoms with Crippen molar-refractivity contribution < 1.29 is 9.21 Å². The number of carbonyl (C=O) groups excluding carboxylic acids is 1.